The van der Waals surface area contributed by atoms with Crippen molar-refractivity contribution >= 4 is 33.6 Å². The molecule has 0 aliphatic rings. The molecule has 1 atom stereocenters. The van der Waals surface area contributed by atoms with Gasteiger partial charge in [-0.3, -0.25) is 0 Å². The van der Waals surface area contributed by atoms with Crippen molar-refractivity contribution in [3.05, 3.63) is 33.3 Å². The molecule has 1 aromatic carbocycles. The number of hydrogen-bond acceptors (Lipinski definition) is 3. The average Bonchev–Trinajstić information content (AvgIpc) is 2.43. The lowest BCUT2D eigenvalue weighted by Gasteiger charge is -2.22. The smallest absolute Gasteiger partial charge is 0.407 e. The number of carbonyl (C=O) groups is 1. The summed E-state index contributed by atoms with van der Waals surface area (Å²) < 4.78 is 6.15. The summed E-state index contributed by atoms with van der Waals surface area (Å²) in [6, 6.07) is 6.08. The molecule has 1 amide bonds. The zero-order valence-electron chi connectivity index (χ0n) is 14.2. The second-order valence-electron chi connectivity index (χ2n) is 6.50. The molecule has 130 valence electrons. The van der Waals surface area contributed by atoms with E-state index in [0.717, 1.165) is 22.9 Å². The maximum atomic E-state index is 11.7. The van der Waals surface area contributed by atoms with Crippen molar-refractivity contribution in [1.29, 1.82) is 0 Å². The second kappa shape index (κ2) is 9.50. The number of hydrogen-bond donors (Lipinski definition) is 2. The molecule has 1 aromatic rings. The van der Waals surface area contributed by atoms with E-state index in [4.69, 9.17) is 16.3 Å². The minimum absolute atomic E-state index is 0.190. The highest BCUT2D eigenvalue weighted by molar-refractivity contribution is 9.10. The number of rotatable bonds is 7. The highest BCUT2D eigenvalue weighted by Gasteiger charge is 2.17. The predicted molar refractivity (Wildman–Crippen MR) is 98.9 cm³/mol. The van der Waals surface area contributed by atoms with Gasteiger partial charge in [-0.15, -0.1) is 0 Å². The Bertz CT molecular complexity index is 518. The normalized spacial score (nSPS) is 12.8. The Labute approximate surface area is 152 Å². The van der Waals surface area contributed by atoms with Crippen LogP contribution in [0.3, 0.4) is 0 Å². The van der Waals surface area contributed by atoms with Gasteiger partial charge in [-0.05, 0) is 60.8 Å². The van der Waals surface area contributed by atoms with Crippen LogP contribution < -0.4 is 10.6 Å². The number of alkyl carbamates (subject to hydrolysis) is 1. The summed E-state index contributed by atoms with van der Waals surface area (Å²) in [4.78, 5) is 11.7. The van der Waals surface area contributed by atoms with E-state index in [-0.39, 0.29) is 12.1 Å². The minimum atomic E-state index is -0.480. The third kappa shape index (κ3) is 8.58. The van der Waals surface area contributed by atoms with E-state index in [9.17, 15) is 4.79 Å². The van der Waals surface area contributed by atoms with E-state index in [1.807, 2.05) is 39.0 Å². The standard InChI is InChI=1S/C17H26BrClN2O2/c1-5-6-13(11-21-16(22)23-17(2,3)4)20-10-12-7-8-14(18)15(19)9-12/h7-9,13,20H,5-6,10-11H2,1-4H3,(H,21,22). The molecular formula is C17H26BrClN2O2. The Kier molecular flexibility index (Phi) is 8.37. The lowest BCUT2D eigenvalue weighted by atomic mass is 10.1. The van der Waals surface area contributed by atoms with Gasteiger partial charge in [0, 0.05) is 23.6 Å². The van der Waals surface area contributed by atoms with Gasteiger partial charge >= 0.3 is 6.09 Å². The molecule has 6 heteroatoms. The van der Waals surface area contributed by atoms with E-state index in [0.29, 0.717) is 18.1 Å². The molecule has 0 aliphatic heterocycles. The number of ether oxygens (including phenoxy) is 1. The molecule has 0 heterocycles. The molecule has 4 nitrogen and oxygen atoms in total. The minimum Gasteiger partial charge on any atom is -0.444 e. The van der Waals surface area contributed by atoms with Crippen LogP contribution in [0.2, 0.25) is 5.02 Å². The maximum Gasteiger partial charge on any atom is 0.407 e. The van der Waals surface area contributed by atoms with Crippen LogP contribution in [0.4, 0.5) is 4.79 Å². The Balaban J connectivity index is 2.48. The van der Waals surface area contributed by atoms with E-state index >= 15 is 0 Å². The topological polar surface area (TPSA) is 50.4 Å². The first-order valence-corrected chi connectivity index (χ1v) is 9.02. The van der Waals surface area contributed by atoms with Crippen molar-refractivity contribution in [3.63, 3.8) is 0 Å². The van der Waals surface area contributed by atoms with Gasteiger partial charge in [-0.1, -0.05) is 31.0 Å². The van der Waals surface area contributed by atoms with Crippen LogP contribution in [-0.4, -0.2) is 24.3 Å². The highest BCUT2D eigenvalue weighted by atomic mass is 79.9. The van der Waals surface area contributed by atoms with Crippen molar-refractivity contribution in [3.8, 4) is 0 Å². The molecule has 0 aliphatic carbocycles. The lowest BCUT2D eigenvalue weighted by molar-refractivity contribution is 0.0521. The Morgan fingerprint density at radius 1 is 1.39 bits per heavy atom. The van der Waals surface area contributed by atoms with E-state index in [2.05, 4.69) is 33.5 Å². The van der Waals surface area contributed by atoms with Gasteiger partial charge in [-0.2, -0.15) is 0 Å². The van der Waals surface area contributed by atoms with Gasteiger partial charge in [0.25, 0.3) is 0 Å². The fraction of sp³-hybridized carbons (Fsp3) is 0.588. The van der Waals surface area contributed by atoms with Crippen molar-refractivity contribution in [2.45, 2.75) is 58.7 Å². The number of amides is 1. The number of carbonyl (C=O) groups excluding carboxylic acids is 1. The van der Waals surface area contributed by atoms with Gasteiger partial charge in [0.05, 0.1) is 5.02 Å². The van der Waals surface area contributed by atoms with Crippen molar-refractivity contribution in [2.75, 3.05) is 6.54 Å². The fourth-order valence-electron chi connectivity index (χ4n) is 2.06. The molecule has 0 fully saturated rings. The van der Waals surface area contributed by atoms with E-state index in [1.54, 1.807) is 0 Å². The third-order valence-corrected chi connectivity index (χ3v) is 4.34. The van der Waals surface area contributed by atoms with Crippen LogP contribution in [0.25, 0.3) is 0 Å². The third-order valence-electron chi connectivity index (χ3n) is 3.11. The van der Waals surface area contributed by atoms with Crippen LogP contribution in [0.1, 0.15) is 46.1 Å². The quantitative estimate of drug-likeness (QED) is 0.679. The SMILES string of the molecule is CCCC(CNC(=O)OC(C)(C)C)NCc1ccc(Br)c(Cl)c1. The zero-order chi connectivity index (χ0) is 17.5. The first kappa shape index (κ1) is 20.3. The number of halogens is 2. The molecule has 0 aromatic heterocycles. The Morgan fingerprint density at radius 2 is 2.09 bits per heavy atom. The summed E-state index contributed by atoms with van der Waals surface area (Å²) in [5, 5.41) is 6.98. The number of benzene rings is 1. The average molecular weight is 406 g/mol. The first-order chi connectivity index (χ1) is 10.7. The monoisotopic (exact) mass is 404 g/mol. The molecule has 0 saturated carbocycles. The van der Waals surface area contributed by atoms with Gasteiger partial charge in [0.2, 0.25) is 0 Å². The molecule has 0 bridgehead atoms. The van der Waals surface area contributed by atoms with Crippen LogP contribution in [0.5, 0.6) is 0 Å². The number of nitrogens with one attached hydrogen (secondary N) is 2. The first-order valence-electron chi connectivity index (χ1n) is 7.85. The molecule has 0 radical (unpaired) electrons. The zero-order valence-corrected chi connectivity index (χ0v) is 16.6. The Hall–Kier alpha value is -0.780. The van der Waals surface area contributed by atoms with Crippen LogP contribution >= 0.6 is 27.5 Å². The molecule has 2 N–H and O–H groups in total. The van der Waals surface area contributed by atoms with Gasteiger partial charge in [-0.25, -0.2) is 4.79 Å². The molecule has 1 unspecified atom stereocenters. The fourth-order valence-corrected chi connectivity index (χ4v) is 2.51. The summed E-state index contributed by atoms with van der Waals surface area (Å²) in [5.41, 5.74) is 0.628. The summed E-state index contributed by atoms with van der Waals surface area (Å²) in [6.45, 7) is 8.92. The van der Waals surface area contributed by atoms with E-state index < -0.39 is 5.60 Å². The van der Waals surface area contributed by atoms with Crippen LogP contribution in [0, 0.1) is 0 Å². The van der Waals surface area contributed by atoms with E-state index in [1.165, 1.54) is 0 Å². The summed E-state index contributed by atoms with van der Waals surface area (Å²) in [6.07, 6.45) is 1.63. The van der Waals surface area contributed by atoms with Crippen LogP contribution in [0.15, 0.2) is 22.7 Å². The van der Waals surface area contributed by atoms with Crippen molar-refractivity contribution in [1.82, 2.24) is 10.6 Å². The predicted octanol–water partition coefficient (Wildman–Crippen LogP) is 4.89. The van der Waals surface area contributed by atoms with Crippen molar-refractivity contribution < 1.29 is 9.53 Å². The molecule has 1 rings (SSSR count). The summed E-state index contributed by atoms with van der Waals surface area (Å²) in [5.74, 6) is 0. The molecular weight excluding hydrogens is 380 g/mol. The van der Waals surface area contributed by atoms with Crippen LogP contribution in [-0.2, 0) is 11.3 Å². The second-order valence-corrected chi connectivity index (χ2v) is 7.76. The molecule has 0 spiro atoms. The van der Waals surface area contributed by atoms with Crippen molar-refractivity contribution in [2.24, 2.45) is 0 Å². The summed E-state index contributed by atoms with van der Waals surface area (Å²) >= 11 is 9.49. The van der Waals surface area contributed by atoms with Gasteiger partial charge in [0.1, 0.15) is 5.60 Å². The van der Waals surface area contributed by atoms with Gasteiger partial charge in [0.15, 0.2) is 0 Å². The Morgan fingerprint density at radius 3 is 2.65 bits per heavy atom. The highest BCUT2D eigenvalue weighted by Crippen LogP contribution is 2.23. The molecule has 23 heavy (non-hydrogen) atoms. The maximum absolute atomic E-state index is 11.7. The van der Waals surface area contributed by atoms with Gasteiger partial charge < -0.3 is 15.4 Å². The molecule has 0 saturated heterocycles. The largest absolute Gasteiger partial charge is 0.444 e. The summed E-state index contributed by atoms with van der Waals surface area (Å²) in [7, 11) is 0. The lowest BCUT2D eigenvalue weighted by Crippen LogP contribution is -2.42.